The third-order valence-corrected chi connectivity index (χ3v) is 2.77. The molecule has 88 valence electrons. The summed E-state index contributed by atoms with van der Waals surface area (Å²) in [6.07, 6.45) is 0. The first-order chi connectivity index (χ1) is 7.75. The van der Waals surface area contributed by atoms with E-state index in [0.717, 1.165) is 5.76 Å². The number of carbonyl (C=O) groups excluding carboxylic acids is 1. The Kier molecular flexibility index (Phi) is 3.84. The number of ether oxygens (including phenoxy) is 1. The van der Waals surface area contributed by atoms with Gasteiger partial charge in [0, 0.05) is 13.1 Å². The Hall–Kier alpha value is -1.01. The Morgan fingerprint density at radius 1 is 1.44 bits per heavy atom. The number of morpholine rings is 1. The molecule has 1 aliphatic heterocycles. The van der Waals surface area contributed by atoms with Crippen LogP contribution in [-0.4, -0.2) is 37.2 Å². The van der Waals surface area contributed by atoms with Crippen LogP contribution in [0.3, 0.4) is 0 Å². The molecule has 1 fully saturated rings. The van der Waals surface area contributed by atoms with Crippen LogP contribution in [-0.2, 0) is 11.3 Å². The molecule has 0 aromatic carbocycles. The van der Waals surface area contributed by atoms with Crippen molar-refractivity contribution in [2.24, 2.45) is 0 Å². The molecule has 0 aliphatic carbocycles. The van der Waals surface area contributed by atoms with E-state index in [-0.39, 0.29) is 6.03 Å². The molecule has 1 aromatic rings. The SMILES string of the molecule is O=C(NCc1ccc(Br)o1)N1CCOCC1. The number of hydrogen-bond acceptors (Lipinski definition) is 3. The fourth-order valence-corrected chi connectivity index (χ4v) is 1.83. The molecule has 2 rings (SSSR count). The molecule has 5 nitrogen and oxygen atoms in total. The van der Waals surface area contributed by atoms with Crippen molar-refractivity contribution >= 4 is 22.0 Å². The number of rotatable bonds is 2. The van der Waals surface area contributed by atoms with Crippen LogP contribution in [0.25, 0.3) is 0 Å². The second-order valence-electron chi connectivity index (χ2n) is 3.46. The van der Waals surface area contributed by atoms with Crippen molar-refractivity contribution in [3.63, 3.8) is 0 Å². The molecule has 0 spiro atoms. The molecule has 16 heavy (non-hydrogen) atoms. The van der Waals surface area contributed by atoms with E-state index in [9.17, 15) is 4.79 Å². The van der Waals surface area contributed by atoms with Crippen molar-refractivity contribution in [3.05, 3.63) is 22.6 Å². The minimum atomic E-state index is -0.0733. The van der Waals surface area contributed by atoms with E-state index in [4.69, 9.17) is 9.15 Å². The van der Waals surface area contributed by atoms with Crippen molar-refractivity contribution < 1.29 is 13.9 Å². The van der Waals surface area contributed by atoms with Crippen LogP contribution in [0.15, 0.2) is 21.2 Å². The summed E-state index contributed by atoms with van der Waals surface area (Å²) in [5, 5.41) is 2.80. The Morgan fingerprint density at radius 3 is 2.81 bits per heavy atom. The molecule has 2 heterocycles. The van der Waals surface area contributed by atoms with Crippen LogP contribution in [0, 0.1) is 0 Å². The lowest BCUT2D eigenvalue weighted by Crippen LogP contribution is -2.45. The van der Waals surface area contributed by atoms with Crippen LogP contribution in [0.4, 0.5) is 4.79 Å². The van der Waals surface area contributed by atoms with Gasteiger partial charge < -0.3 is 19.4 Å². The van der Waals surface area contributed by atoms with Crippen LogP contribution in [0.5, 0.6) is 0 Å². The number of halogens is 1. The first-order valence-corrected chi connectivity index (χ1v) is 5.90. The molecule has 0 unspecified atom stereocenters. The van der Waals surface area contributed by atoms with Crippen LogP contribution in [0.2, 0.25) is 0 Å². The third kappa shape index (κ3) is 2.99. The lowest BCUT2D eigenvalue weighted by molar-refractivity contribution is 0.0530. The molecule has 1 N–H and O–H groups in total. The Labute approximate surface area is 102 Å². The highest BCUT2D eigenvalue weighted by Gasteiger charge is 2.16. The highest BCUT2D eigenvalue weighted by Crippen LogP contribution is 2.13. The van der Waals surface area contributed by atoms with Gasteiger partial charge >= 0.3 is 6.03 Å². The molecule has 0 radical (unpaired) electrons. The molecule has 1 aromatic heterocycles. The van der Waals surface area contributed by atoms with Gasteiger partial charge in [-0.1, -0.05) is 0 Å². The predicted octanol–water partition coefficient (Wildman–Crippen LogP) is 1.58. The summed E-state index contributed by atoms with van der Waals surface area (Å²) in [6.45, 7) is 2.92. The quantitative estimate of drug-likeness (QED) is 0.899. The summed E-state index contributed by atoms with van der Waals surface area (Å²) in [5.74, 6) is 0.730. The summed E-state index contributed by atoms with van der Waals surface area (Å²) in [4.78, 5) is 13.4. The summed E-state index contributed by atoms with van der Waals surface area (Å²) < 4.78 is 11.1. The van der Waals surface area contributed by atoms with Crippen molar-refractivity contribution in [2.45, 2.75) is 6.54 Å². The molecular weight excluding hydrogens is 276 g/mol. The van der Waals surface area contributed by atoms with Gasteiger partial charge in [-0.3, -0.25) is 0 Å². The molecule has 0 atom stereocenters. The third-order valence-electron chi connectivity index (χ3n) is 2.34. The molecule has 2 amide bonds. The van der Waals surface area contributed by atoms with E-state index in [1.54, 1.807) is 11.0 Å². The minimum Gasteiger partial charge on any atom is -0.452 e. The number of furan rings is 1. The lowest BCUT2D eigenvalue weighted by atomic mass is 10.4. The molecule has 0 bridgehead atoms. The molecule has 1 saturated heterocycles. The topological polar surface area (TPSA) is 54.7 Å². The fourth-order valence-electron chi connectivity index (χ4n) is 1.49. The van der Waals surface area contributed by atoms with E-state index >= 15 is 0 Å². The zero-order valence-electron chi connectivity index (χ0n) is 8.74. The van der Waals surface area contributed by atoms with Gasteiger partial charge in [0.05, 0.1) is 19.8 Å². The number of urea groups is 1. The van der Waals surface area contributed by atoms with Crippen molar-refractivity contribution in [1.82, 2.24) is 10.2 Å². The average Bonchev–Trinajstić information content (AvgIpc) is 2.73. The summed E-state index contributed by atoms with van der Waals surface area (Å²) in [5.41, 5.74) is 0. The molecular formula is C10H13BrN2O3. The van der Waals surface area contributed by atoms with Crippen molar-refractivity contribution in [2.75, 3.05) is 26.3 Å². The average molecular weight is 289 g/mol. The normalized spacial score (nSPS) is 16.2. The first-order valence-electron chi connectivity index (χ1n) is 5.10. The van der Waals surface area contributed by atoms with Gasteiger partial charge in [0.25, 0.3) is 0 Å². The van der Waals surface area contributed by atoms with E-state index in [0.29, 0.717) is 37.5 Å². The molecule has 6 heteroatoms. The van der Waals surface area contributed by atoms with Crippen LogP contribution < -0.4 is 5.32 Å². The van der Waals surface area contributed by atoms with Gasteiger partial charge in [0.15, 0.2) is 4.67 Å². The first kappa shape index (κ1) is 11.5. The van der Waals surface area contributed by atoms with E-state index in [2.05, 4.69) is 21.2 Å². The largest absolute Gasteiger partial charge is 0.452 e. The summed E-state index contributed by atoms with van der Waals surface area (Å²) in [6, 6.07) is 3.55. The number of carbonyl (C=O) groups is 1. The Bertz CT molecular complexity index is 361. The van der Waals surface area contributed by atoms with Crippen LogP contribution in [0.1, 0.15) is 5.76 Å². The van der Waals surface area contributed by atoms with Crippen molar-refractivity contribution in [1.29, 1.82) is 0 Å². The highest BCUT2D eigenvalue weighted by molar-refractivity contribution is 9.10. The van der Waals surface area contributed by atoms with Gasteiger partial charge in [-0.2, -0.15) is 0 Å². The zero-order chi connectivity index (χ0) is 11.4. The van der Waals surface area contributed by atoms with Gasteiger partial charge in [0.1, 0.15) is 5.76 Å². The minimum absolute atomic E-state index is 0.0733. The maximum absolute atomic E-state index is 11.7. The smallest absolute Gasteiger partial charge is 0.317 e. The Morgan fingerprint density at radius 2 is 2.19 bits per heavy atom. The lowest BCUT2D eigenvalue weighted by Gasteiger charge is -2.26. The second-order valence-corrected chi connectivity index (χ2v) is 4.25. The molecule has 1 aliphatic rings. The highest BCUT2D eigenvalue weighted by atomic mass is 79.9. The van der Waals surface area contributed by atoms with E-state index in [1.165, 1.54) is 0 Å². The Balaban J connectivity index is 1.78. The van der Waals surface area contributed by atoms with Gasteiger partial charge in [-0.15, -0.1) is 0 Å². The predicted molar refractivity (Wildman–Crippen MR) is 61.0 cm³/mol. The number of nitrogens with zero attached hydrogens (tertiary/aromatic N) is 1. The van der Waals surface area contributed by atoms with Gasteiger partial charge in [-0.05, 0) is 28.1 Å². The number of hydrogen-bond donors (Lipinski definition) is 1. The van der Waals surface area contributed by atoms with E-state index < -0.39 is 0 Å². The standard InChI is InChI=1S/C10H13BrN2O3/c11-9-2-1-8(16-9)7-12-10(14)13-3-5-15-6-4-13/h1-2H,3-7H2,(H,12,14). The van der Waals surface area contributed by atoms with Gasteiger partial charge in [-0.25, -0.2) is 4.79 Å². The van der Waals surface area contributed by atoms with E-state index in [1.807, 2.05) is 6.07 Å². The molecule has 0 saturated carbocycles. The zero-order valence-corrected chi connectivity index (χ0v) is 10.3. The summed E-state index contributed by atoms with van der Waals surface area (Å²) >= 11 is 3.21. The fraction of sp³-hybridized carbons (Fsp3) is 0.500. The van der Waals surface area contributed by atoms with Crippen LogP contribution >= 0.6 is 15.9 Å². The number of nitrogens with one attached hydrogen (secondary N) is 1. The second kappa shape index (κ2) is 5.36. The maximum atomic E-state index is 11.7. The van der Waals surface area contributed by atoms with Crippen molar-refractivity contribution in [3.8, 4) is 0 Å². The maximum Gasteiger partial charge on any atom is 0.317 e. The number of amides is 2. The summed E-state index contributed by atoms with van der Waals surface area (Å²) in [7, 11) is 0. The monoisotopic (exact) mass is 288 g/mol. The van der Waals surface area contributed by atoms with Gasteiger partial charge in [0.2, 0.25) is 0 Å².